The molecule has 1 fully saturated rings. The molecule has 1 aromatic rings. The van der Waals surface area contributed by atoms with E-state index in [1.54, 1.807) is 24.3 Å². The molecule has 0 aromatic heterocycles. The van der Waals surface area contributed by atoms with Gasteiger partial charge in [0.15, 0.2) is 0 Å². The van der Waals surface area contributed by atoms with Crippen LogP contribution in [0.3, 0.4) is 0 Å². The van der Waals surface area contributed by atoms with Gasteiger partial charge in [-0.15, -0.1) is 6.58 Å². The number of carbonyl (C=O) groups excluding carboxylic acids is 1. The Kier molecular flexibility index (Phi) is 4.00. The van der Waals surface area contributed by atoms with Gasteiger partial charge in [-0.3, -0.25) is 4.79 Å². The first-order chi connectivity index (χ1) is 9.11. The van der Waals surface area contributed by atoms with Gasteiger partial charge in [-0.1, -0.05) is 18.2 Å². The van der Waals surface area contributed by atoms with Gasteiger partial charge in [0.25, 0.3) is 0 Å². The summed E-state index contributed by atoms with van der Waals surface area (Å²) >= 11 is 0. The Morgan fingerprint density at radius 1 is 1.42 bits per heavy atom. The highest BCUT2D eigenvalue weighted by atomic mass is 16.4. The number of benzene rings is 1. The number of carboxylic acids is 1. The number of hydrogen-bond acceptors (Lipinski definition) is 2. The fraction of sp³-hybridized carbons (Fsp3) is 0.333. The maximum Gasteiger partial charge on any atom is 0.335 e. The molecule has 0 heterocycles. The lowest BCUT2D eigenvalue weighted by Gasteiger charge is -2.20. The number of carbonyl (C=O) groups is 2. The van der Waals surface area contributed by atoms with Crippen molar-refractivity contribution in [2.75, 3.05) is 6.54 Å². The van der Waals surface area contributed by atoms with Crippen molar-refractivity contribution in [3.05, 3.63) is 48.0 Å². The third-order valence-electron chi connectivity index (χ3n) is 3.16. The minimum atomic E-state index is -0.973. The van der Waals surface area contributed by atoms with Crippen LogP contribution in [0.25, 0.3) is 0 Å². The van der Waals surface area contributed by atoms with Crippen LogP contribution in [-0.2, 0) is 11.2 Å². The molecule has 0 saturated heterocycles. The van der Waals surface area contributed by atoms with Crippen LogP contribution in [0.5, 0.6) is 0 Å². The number of aromatic carboxylic acids is 1. The molecule has 1 N–H and O–H groups in total. The van der Waals surface area contributed by atoms with Crippen LogP contribution in [0.1, 0.15) is 28.8 Å². The highest BCUT2D eigenvalue weighted by Crippen LogP contribution is 2.27. The van der Waals surface area contributed by atoms with Gasteiger partial charge in [0, 0.05) is 12.6 Å². The van der Waals surface area contributed by atoms with Crippen molar-refractivity contribution in [3.8, 4) is 0 Å². The van der Waals surface area contributed by atoms with Gasteiger partial charge in [0.2, 0.25) is 5.91 Å². The van der Waals surface area contributed by atoms with Crippen LogP contribution < -0.4 is 0 Å². The van der Waals surface area contributed by atoms with Crippen molar-refractivity contribution < 1.29 is 14.7 Å². The molecule has 0 bridgehead atoms. The lowest BCUT2D eigenvalue weighted by atomic mass is 10.1. The lowest BCUT2D eigenvalue weighted by Crippen LogP contribution is -2.34. The third-order valence-corrected chi connectivity index (χ3v) is 3.16. The topological polar surface area (TPSA) is 57.6 Å². The molecule has 1 amide bonds. The van der Waals surface area contributed by atoms with E-state index in [1.807, 2.05) is 4.90 Å². The Hall–Kier alpha value is -2.10. The quantitative estimate of drug-likeness (QED) is 0.796. The average Bonchev–Trinajstić information content (AvgIpc) is 3.20. The van der Waals surface area contributed by atoms with Crippen molar-refractivity contribution in [1.29, 1.82) is 0 Å². The summed E-state index contributed by atoms with van der Waals surface area (Å²) in [5.74, 6) is -0.940. The number of nitrogens with zero attached hydrogens (tertiary/aromatic N) is 1. The summed E-state index contributed by atoms with van der Waals surface area (Å²) in [5, 5.41) is 8.93. The first-order valence-corrected chi connectivity index (χ1v) is 6.34. The van der Waals surface area contributed by atoms with Crippen LogP contribution in [0, 0.1) is 0 Å². The zero-order chi connectivity index (χ0) is 13.8. The van der Waals surface area contributed by atoms with E-state index in [-0.39, 0.29) is 17.9 Å². The molecule has 1 aromatic carbocycles. The van der Waals surface area contributed by atoms with Crippen LogP contribution in [0.15, 0.2) is 36.9 Å². The van der Waals surface area contributed by atoms with E-state index in [4.69, 9.17) is 5.11 Å². The highest BCUT2D eigenvalue weighted by molar-refractivity contribution is 5.88. The first kappa shape index (κ1) is 13.3. The van der Waals surface area contributed by atoms with Gasteiger partial charge in [0.1, 0.15) is 0 Å². The Labute approximate surface area is 112 Å². The van der Waals surface area contributed by atoms with Crippen LogP contribution >= 0.6 is 0 Å². The van der Waals surface area contributed by atoms with Crippen LogP contribution in [0.2, 0.25) is 0 Å². The molecule has 4 nitrogen and oxygen atoms in total. The Bertz CT molecular complexity index is 506. The van der Waals surface area contributed by atoms with E-state index in [0.717, 1.165) is 18.4 Å². The molecule has 0 unspecified atom stereocenters. The van der Waals surface area contributed by atoms with E-state index in [1.165, 1.54) is 6.07 Å². The van der Waals surface area contributed by atoms with E-state index in [0.29, 0.717) is 12.6 Å². The maximum atomic E-state index is 12.2. The SMILES string of the molecule is C=CCN(C(=O)Cc1cccc(C(=O)O)c1)C1CC1. The second-order valence-corrected chi connectivity index (χ2v) is 4.75. The Balaban J connectivity index is 2.06. The molecule has 1 aliphatic carbocycles. The molecule has 1 saturated carbocycles. The standard InChI is InChI=1S/C15H17NO3/c1-2-8-16(13-6-7-13)14(17)10-11-4-3-5-12(9-11)15(18)19/h2-5,9,13H,1,6-8,10H2,(H,18,19). The summed E-state index contributed by atoms with van der Waals surface area (Å²) in [6.45, 7) is 4.22. The van der Waals surface area contributed by atoms with Gasteiger partial charge in [-0.2, -0.15) is 0 Å². The summed E-state index contributed by atoms with van der Waals surface area (Å²) in [6, 6.07) is 6.87. The molecular weight excluding hydrogens is 242 g/mol. The summed E-state index contributed by atoms with van der Waals surface area (Å²) in [5.41, 5.74) is 0.951. The minimum Gasteiger partial charge on any atom is -0.478 e. The summed E-state index contributed by atoms with van der Waals surface area (Å²) in [4.78, 5) is 24.9. The predicted molar refractivity (Wildman–Crippen MR) is 72.0 cm³/mol. The lowest BCUT2D eigenvalue weighted by molar-refractivity contribution is -0.130. The number of hydrogen-bond donors (Lipinski definition) is 1. The second-order valence-electron chi connectivity index (χ2n) is 4.75. The van der Waals surface area contributed by atoms with E-state index < -0.39 is 5.97 Å². The summed E-state index contributed by atoms with van der Waals surface area (Å²) in [7, 11) is 0. The predicted octanol–water partition coefficient (Wildman–Crippen LogP) is 2.10. The molecule has 4 heteroatoms. The fourth-order valence-corrected chi connectivity index (χ4v) is 2.07. The molecule has 19 heavy (non-hydrogen) atoms. The minimum absolute atomic E-state index is 0.0324. The summed E-state index contributed by atoms with van der Waals surface area (Å²) < 4.78 is 0. The second kappa shape index (κ2) is 5.69. The monoisotopic (exact) mass is 259 g/mol. The van der Waals surface area contributed by atoms with Crippen molar-refractivity contribution in [2.24, 2.45) is 0 Å². The fourth-order valence-electron chi connectivity index (χ4n) is 2.07. The first-order valence-electron chi connectivity index (χ1n) is 6.34. The smallest absolute Gasteiger partial charge is 0.335 e. The molecule has 0 aliphatic heterocycles. The molecule has 0 atom stereocenters. The zero-order valence-corrected chi connectivity index (χ0v) is 10.7. The molecular formula is C15H17NO3. The van der Waals surface area contributed by atoms with Gasteiger partial charge < -0.3 is 10.0 Å². The van der Waals surface area contributed by atoms with Gasteiger partial charge in [-0.25, -0.2) is 4.79 Å². The molecule has 2 rings (SSSR count). The van der Waals surface area contributed by atoms with E-state index in [2.05, 4.69) is 6.58 Å². The Morgan fingerprint density at radius 3 is 2.74 bits per heavy atom. The summed E-state index contributed by atoms with van der Waals surface area (Å²) in [6.07, 6.45) is 4.07. The average molecular weight is 259 g/mol. The highest BCUT2D eigenvalue weighted by Gasteiger charge is 2.31. The van der Waals surface area contributed by atoms with Crippen molar-refractivity contribution in [2.45, 2.75) is 25.3 Å². The molecule has 0 spiro atoms. The third kappa shape index (κ3) is 3.44. The van der Waals surface area contributed by atoms with E-state index >= 15 is 0 Å². The largest absolute Gasteiger partial charge is 0.478 e. The number of rotatable bonds is 6. The van der Waals surface area contributed by atoms with Crippen LogP contribution in [0.4, 0.5) is 0 Å². The van der Waals surface area contributed by atoms with Gasteiger partial charge in [0.05, 0.1) is 12.0 Å². The van der Waals surface area contributed by atoms with Crippen molar-refractivity contribution in [3.63, 3.8) is 0 Å². The maximum absolute atomic E-state index is 12.2. The van der Waals surface area contributed by atoms with Crippen molar-refractivity contribution in [1.82, 2.24) is 4.90 Å². The normalized spacial score (nSPS) is 13.9. The number of amides is 1. The van der Waals surface area contributed by atoms with E-state index in [9.17, 15) is 9.59 Å². The van der Waals surface area contributed by atoms with Gasteiger partial charge >= 0.3 is 5.97 Å². The molecule has 1 aliphatic rings. The molecule has 100 valence electrons. The van der Waals surface area contributed by atoms with Crippen molar-refractivity contribution >= 4 is 11.9 Å². The molecule has 0 radical (unpaired) electrons. The van der Waals surface area contributed by atoms with Crippen LogP contribution in [-0.4, -0.2) is 34.5 Å². The van der Waals surface area contributed by atoms with Gasteiger partial charge in [-0.05, 0) is 30.5 Å². The number of carboxylic acid groups (broad SMARTS) is 1. The zero-order valence-electron chi connectivity index (χ0n) is 10.7. The Morgan fingerprint density at radius 2 is 2.16 bits per heavy atom.